The number of hydrogen-bond donors (Lipinski definition) is 1. The second-order valence-corrected chi connectivity index (χ2v) is 12.3. The van der Waals surface area contributed by atoms with Crippen molar-refractivity contribution in [1.29, 1.82) is 0 Å². The monoisotopic (exact) mass is 730 g/mol. The number of aromatic nitrogens is 2. The van der Waals surface area contributed by atoms with Crippen LogP contribution in [0, 0.1) is 5.82 Å². The third-order valence-electron chi connectivity index (χ3n) is 8.52. The molecule has 1 N–H and O–H groups in total. The number of benzene rings is 3. The first kappa shape index (κ1) is 35.1. The summed E-state index contributed by atoms with van der Waals surface area (Å²) in [5.74, 6) is 1.17. The van der Waals surface area contributed by atoms with Crippen molar-refractivity contribution in [2.75, 3.05) is 64.6 Å². The maximum atomic E-state index is 13.5. The van der Waals surface area contributed by atoms with Gasteiger partial charge in [-0.15, -0.1) is 0 Å². The average Bonchev–Trinajstić information content (AvgIpc) is 3.15. The molecule has 0 atom stereocenters. The fourth-order valence-electron chi connectivity index (χ4n) is 6.04. The van der Waals surface area contributed by atoms with E-state index in [9.17, 15) is 14.0 Å². The summed E-state index contributed by atoms with van der Waals surface area (Å²) in [5, 5.41) is 3.52. The number of rotatable bonds is 12. The maximum Gasteiger partial charge on any atom is 0.271 e. The number of nitrogens with zero attached hydrogens (tertiary/aromatic N) is 3. The van der Waals surface area contributed by atoms with Crippen molar-refractivity contribution < 1.29 is 37.6 Å². The van der Waals surface area contributed by atoms with E-state index < -0.39 is 17.3 Å². The molecule has 1 saturated heterocycles. The molecule has 0 aliphatic carbocycles. The lowest BCUT2D eigenvalue weighted by Crippen LogP contribution is -2.37. The predicted octanol–water partition coefficient (Wildman–Crippen LogP) is 6.49. The van der Waals surface area contributed by atoms with Gasteiger partial charge in [0, 0.05) is 49.5 Å². The molecule has 3 aromatic carbocycles. The van der Waals surface area contributed by atoms with Crippen LogP contribution in [0.25, 0.3) is 16.6 Å². The highest BCUT2D eigenvalue weighted by molar-refractivity contribution is 6.32. The number of halogens is 2. The lowest BCUT2D eigenvalue weighted by atomic mass is 10.1. The maximum absolute atomic E-state index is 13.5. The third kappa shape index (κ3) is 7.61. The van der Waals surface area contributed by atoms with Crippen LogP contribution in [0.3, 0.4) is 0 Å². The first-order valence-corrected chi connectivity index (χ1v) is 17.3. The van der Waals surface area contributed by atoms with Gasteiger partial charge in [-0.25, -0.2) is 4.39 Å². The summed E-state index contributed by atoms with van der Waals surface area (Å²) in [7, 11) is 0. The fraction of sp³-hybridized carbons (Fsp3) is 0.289. The van der Waals surface area contributed by atoms with Gasteiger partial charge in [0.15, 0.2) is 11.5 Å². The molecule has 1 fully saturated rings. The molecule has 1 amide bonds. The van der Waals surface area contributed by atoms with Crippen molar-refractivity contribution in [2.45, 2.75) is 13.3 Å². The van der Waals surface area contributed by atoms with Crippen LogP contribution >= 0.6 is 11.6 Å². The Morgan fingerprint density at radius 3 is 2.48 bits per heavy atom. The summed E-state index contributed by atoms with van der Waals surface area (Å²) in [4.78, 5) is 34.0. The lowest BCUT2D eigenvalue weighted by molar-refractivity contribution is 0.0357. The topological polar surface area (TPSA) is 123 Å². The molecule has 0 unspecified atom stereocenters. The highest BCUT2D eigenvalue weighted by Crippen LogP contribution is 2.49. The summed E-state index contributed by atoms with van der Waals surface area (Å²) < 4.78 is 50.4. The fourth-order valence-corrected chi connectivity index (χ4v) is 6.26. The molecular weight excluding hydrogens is 695 g/mol. The largest absolute Gasteiger partial charge is 0.493 e. The van der Waals surface area contributed by atoms with Crippen LogP contribution in [0.5, 0.6) is 34.5 Å². The highest BCUT2D eigenvalue weighted by atomic mass is 35.5. The Kier molecular flexibility index (Phi) is 10.7. The van der Waals surface area contributed by atoms with Gasteiger partial charge in [-0.05, 0) is 67.9 Å². The minimum Gasteiger partial charge on any atom is -0.493 e. The van der Waals surface area contributed by atoms with E-state index in [1.807, 2.05) is 6.07 Å². The second-order valence-electron chi connectivity index (χ2n) is 11.9. The standard InChI is InChI=1S/C38H36ClFN4O8/c1-2-48-30-11-14-44(26-7-4-24(40)5-8-26)38(46)34(30)37(45)42-25-6-9-29(27(39)22-25)52-31-10-12-41-28-23-32(35-36(33(28)31)51-21-20-50-35)49-17-3-13-43-15-18-47-19-16-43/h4-12,14,22-23H,2-3,13,15-21H2,1H3,(H,42,45). The summed E-state index contributed by atoms with van der Waals surface area (Å²) in [6.45, 7) is 7.42. The summed E-state index contributed by atoms with van der Waals surface area (Å²) in [6.07, 6.45) is 3.93. The second kappa shape index (κ2) is 15.9. The molecule has 5 aromatic rings. The first-order valence-electron chi connectivity index (χ1n) is 17.0. The number of hydrogen-bond acceptors (Lipinski definition) is 10. The molecular formula is C38H36ClFN4O8. The summed E-state index contributed by atoms with van der Waals surface area (Å²) in [5.41, 5.74) is 0.426. The van der Waals surface area contributed by atoms with Gasteiger partial charge in [-0.1, -0.05) is 11.6 Å². The van der Waals surface area contributed by atoms with Gasteiger partial charge in [0.05, 0.1) is 42.4 Å². The number of fused-ring (bicyclic) bond motifs is 3. The van der Waals surface area contributed by atoms with Gasteiger partial charge in [0.1, 0.15) is 41.8 Å². The molecule has 0 radical (unpaired) electrons. The smallest absolute Gasteiger partial charge is 0.271 e. The molecule has 4 heterocycles. The minimum absolute atomic E-state index is 0.107. The number of nitrogens with one attached hydrogen (secondary N) is 1. The summed E-state index contributed by atoms with van der Waals surface area (Å²) in [6, 6.07) is 15.1. The number of carbonyl (C=O) groups is 1. The zero-order valence-corrected chi connectivity index (χ0v) is 29.1. The van der Waals surface area contributed by atoms with Crippen LogP contribution in [0.2, 0.25) is 5.02 Å². The molecule has 7 rings (SSSR count). The zero-order valence-electron chi connectivity index (χ0n) is 28.4. The Labute approximate surface area is 303 Å². The molecule has 52 heavy (non-hydrogen) atoms. The average molecular weight is 731 g/mol. The molecule has 2 aromatic heterocycles. The lowest BCUT2D eigenvalue weighted by Gasteiger charge is -2.26. The van der Waals surface area contributed by atoms with Crippen LogP contribution in [0.1, 0.15) is 23.7 Å². The molecule has 14 heteroatoms. The van der Waals surface area contributed by atoms with Crippen molar-refractivity contribution in [3.05, 3.63) is 99.8 Å². The van der Waals surface area contributed by atoms with Gasteiger partial charge in [-0.2, -0.15) is 0 Å². The number of morpholine rings is 1. The van der Waals surface area contributed by atoms with Crippen LogP contribution < -0.4 is 34.6 Å². The minimum atomic E-state index is -0.710. The Morgan fingerprint density at radius 2 is 1.71 bits per heavy atom. The third-order valence-corrected chi connectivity index (χ3v) is 8.81. The van der Waals surface area contributed by atoms with E-state index in [0.29, 0.717) is 70.8 Å². The van der Waals surface area contributed by atoms with E-state index in [2.05, 4.69) is 15.2 Å². The van der Waals surface area contributed by atoms with Crippen molar-refractivity contribution in [2.24, 2.45) is 0 Å². The molecule has 0 bridgehead atoms. The van der Waals surface area contributed by atoms with Crippen LogP contribution in [0.15, 0.2) is 77.9 Å². The van der Waals surface area contributed by atoms with E-state index in [-0.39, 0.29) is 22.9 Å². The number of amides is 1. The quantitative estimate of drug-likeness (QED) is 0.143. The van der Waals surface area contributed by atoms with Gasteiger partial charge in [-0.3, -0.25) is 24.0 Å². The van der Waals surface area contributed by atoms with E-state index >= 15 is 0 Å². The number of ether oxygens (including phenoxy) is 6. The van der Waals surface area contributed by atoms with Crippen LogP contribution in [0.4, 0.5) is 10.1 Å². The van der Waals surface area contributed by atoms with Crippen molar-refractivity contribution in [1.82, 2.24) is 14.5 Å². The zero-order chi connectivity index (χ0) is 36.0. The van der Waals surface area contributed by atoms with Gasteiger partial charge >= 0.3 is 0 Å². The predicted molar refractivity (Wildman–Crippen MR) is 193 cm³/mol. The number of anilines is 1. The highest BCUT2D eigenvalue weighted by Gasteiger charge is 2.26. The number of pyridine rings is 2. The van der Waals surface area contributed by atoms with E-state index in [0.717, 1.165) is 39.3 Å². The van der Waals surface area contributed by atoms with Gasteiger partial charge in [0.2, 0.25) is 5.75 Å². The normalized spacial score (nSPS) is 14.2. The van der Waals surface area contributed by atoms with E-state index in [4.69, 9.17) is 40.0 Å². The Morgan fingerprint density at radius 1 is 0.923 bits per heavy atom. The van der Waals surface area contributed by atoms with Crippen molar-refractivity contribution in [3.63, 3.8) is 0 Å². The molecule has 270 valence electrons. The van der Waals surface area contributed by atoms with E-state index in [1.165, 1.54) is 47.2 Å². The summed E-state index contributed by atoms with van der Waals surface area (Å²) >= 11 is 6.69. The van der Waals surface area contributed by atoms with E-state index in [1.54, 1.807) is 31.3 Å². The van der Waals surface area contributed by atoms with Crippen molar-refractivity contribution >= 4 is 34.1 Å². The van der Waals surface area contributed by atoms with Crippen molar-refractivity contribution in [3.8, 4) is 40.2 Å². The SMILES string of the molecule is CCOc1ccn(-c2ccc(F)cc2)c(=O)c1C(=O)Nc1ccc(Oc2ccnc3cc(OCCCN4CCOCC4)c4c(c23)OCCO4)c(Cl)c1. The molecule has 2 aliphatic rings. The van der Waals surface area contributed by atoms with Gasteiger partial charge < -0.3 is 33.7 Å². The number of carbonyl (C=O) groups excluding carboxylic acids is 1. The van der Waals surface area contributed by atoms with Gasteiger partial charge in [0.25, 0.3) is 11.5 Å². The molecule has 2 aliphatic heterocycles. The van der Waals surface area contributed by atoms with Crippen LogP contribution in [-0.4, -0.2) is 79.6 Å². The first-order chi connectivity index (χ1) is 25.4. The van der Waals surface area contributed by atoms with Crippen LogP contribution in [-0.2, 0) is 4.74 Å². The Bertz CT molecular complexity index is 2140. The Balaban J connectivity index is 1.10. The molecule has 0 spiro atoms. The molecule has 0 saturated carbocycles. The molecule has 12 nitrogen and oxygen atoms in total. The Hall–Kier alpha value is -5.37.